The zero-order valence-corrected chi connectivity index (χ0v) is 15.5. The molecular formula is C21H25NO4. The van der Waals surface area contributed by atoms with Crippen LogP contribution >= 0.6 is 0 Å². The summed E-state index contributed by atoms with van der Waals surface area (Å²) in [5.41, 5.74) is 2.67. The van der Waals surface area contributed by atoms with E-state index in [1.807, 2.05) is 47.4 Å². The molecule has 1 amide bonds. The number of rotatable bonds is 6. The van der Waals surface area contributed by atoms with Crippen molar-refractivity contribution in [2.75, 3.05) is 27.9 Å². The average Bonchev–Trinajstić information content (AvgIpc) is 3.17. The maximum absolute atomic E-state index is 13.2. The predicted molar refractivity (Wildman–Crippen MR) is 99.7 cm³/mol. The highest BCUT2D eigenvalue weighted by molar-refractivity contribution is 5.95. The van der Waals surface area contributed by atoms with E-state index in [-0.39, 0.29) is 11.9 Å². The summed E-state index contributed by atoms with van der Waals surface area (Å²) in [6, 6.07) is 13.4. The molecule has 2 aromatic carbocycles. The first kappa shape index (κ1) is 18.3. The van der Waals surface area contributed by atoms with Gasteiger partial charge in [-0.2, -0.15) is 0 Å². The third kappa shape index (κ3) is 3.68. The van der Waals surface area contributed by atoms with Gasteiger partial charge in [0.1, 0.15) is 11.5 Å². The van der Waals surface area contributed by atoms with Crippen molar-refractivity contribution in [3.05, 3.63) is 59.2 Å². The Morgan fingerprint density at radius 2 is 1.96 bits per heavy atom. The second kappa shape index (κ2) is 8.23. The summed E-state index contributed by atoms with van der Waals surface area (Å²) in [7, 11) is 4.95. The van der Waals surface area contributed by atoms with Crippen molar-refractivity contribution in [1.82, 2.24) is 4.90 Å². The first-order valence-corrected chi connectivity index (χ1v) is 8.78. The largest absolute Gasteiger partial charge is 0.497 e. The highest BCUT2D eigenvalue weighted by Gasteiger charge is 2.32. The third-order valence-corrected chi connectivity index (χ3v) is 4.79. The maximum Gasteiger partial charge on any atom is 0.254 e. The Bertz CT molecular complexity index is 774. The lowest BCUT2D eigenvalue weighted by atomic mass is 10.0. The van der Waals surface area contributed by atoms with E-state index in [0.717, 1.165) is 42.0 Å². The fraction of sp³-hybridized carbons (Fsp3) is 0.381. The fourth-order valence-electron chi connectivity index (χ4n) is 3.56. The first-order chi connectivity index (χ1) is 12.7. The monoisotopic (exact) mass is 355 g/mol. The van der Waals surface area contributed by atoms with Gasteiger partial charge < -0.3 is 19.1 Å². The Kier molecular flexibility index (Phi) is 5.78. The van der Waals surface area contributed by atoms with Gasteiger partial charge in [0.05, 0.1) is 26.9 Å². The zero-order chi connectivity index (χ0) is 18.5. The predicted octanol–water partition coefficient (Wildman–Crippen LogP) is 3.83. The van der Waals surface area contributed by atoms with Gasteiger partial charge in [0.15, 0.2) is 0 Å². The highest BCUT2D eigenvalue weighted by Crippen LogP contribution is 2.39. The molecule has 26 heavy (non-hydrogen) atoms. The van der Waals surface area contributed by atoms with Crippen LogP contribution in [0.3, 0.4) is 0 Å². The smallest absolute Gasteiger partial charge is 0.254 e. The Balaban J connectivity index is 1.91. The van der Waals surface area contributed by atoms with E-state index in [0.29, 0.717) is 12.2 Å². The summed E-state index contributed by atoms with van der Waals surface area (Å²) in [5.74, 6) is 1.58. The van der Waals surface area contributed by atoms with Crippen LogP contribution in [0.25, 0.3) is 0 Å². The Hall–Kier alpha value is -2.53. The number of nitrogens with zero attached hydrogens (tertiary/aromatic N) is 1. The summed E-state index contributed by atoms with van der Waals surface area (Å²) in [6.45, 7) is 1.23. The molecule has 1 fully saturated rings. The summed E-state index contributed by atoms with van der Waals surface area (Å²) in [4.78, 5) is 15.1. The molecule has 1 aliphatic rings. The minimum absolute atomic E-state index is 0.0152. The molecule has 0 bridgehead atoms. The van der Waals surface area contributed by atoms with Crippen LogP contribution in [0, 0.1) is 0 Å². The molecule has 0 saturated carbocycles. The number of hydrogen-bond acceptors (Lipinski definition) is 4. The number of likely N-dealkylation sites (tertiary alicyclic amines) is 1. The molecule has 1 unspecified atom stereocenters. The van der Waals surface area contributed by atoms with Gasteiger partial charge in [0.2, 0.25) is 0 Å². The van der Waals surface area contributed by atoms with Crippen molar-refractivity contribution in [2.45, 2.75) is 25.5 Å². The number of benzene rings is 2. The molecule has 2 aromatic rings. The number of amides is 1. The van der Waals surface area contributed by atoms with Crippen LogP contribution in [-0.4, -0.2) is 38.7 Å². The van der Waals surface area contributed by atoms with Gasteiger partial charge in [0, 0.05) is 24.8 Å². The molecular weight excluding hydrogens is 330 g/mol. The number of methoxy groups -OCH3 is 3. The van der Waals surface area contributed by atoms with E-state index in [4.69, 9.17) is 14.2 Å². The van der Waals surface area contributed by atoms with Crippen molar-refractivity contribution in [1.29, 1.82) is 0 Å². The lowest BCUT2D eigenvalue weighted by Gasteiger charge is -2.27. The van der Waals surface area contributed by atoms with Gasteiger partial charge >= 0.3 is 0 Å². The molecule has 0 aliphatic carbocycles. The van der Waals surface area contributed by atoms with Crippen molar-refractivity contribution in [2.24, 2.45) is 0 Å². The second-order valence-corrected chi connectivity index (χ2v) is 6.40. The molecule has 0 radical (unpaired) electrons. The molecule has 0 spiro atoms. The molecule has 5 nitrogen and oxygen atoms in total. The zero-order valence-electron chi connectivity index (χ0n) is 15.5. The van der Waals surface area contributed by atoms with Crippen molar-refractivity contribution in [3.8, 4) is 11.5 Å². The van der Waals surface area contributed by atoms with E-state index < -0.39 is 0 Å². The third-order valence-electron chi connectivity index (χ3n) is 4.79. The molecule has 3 rings (SSSR count). The summed E-state index contributed by atoms with van der Waals surface area (Å²) in [5, 5.41) is 0. The molecule has 0 N–H and O–H groups in total. The first-order valence-electron chi connectivity index (χ1n) is 8.78. The van der Waals surface area contributed by atoms with Gasteiger partial charge in [-0.05, 0) is 48.7 Å². The highest BCUT2D eigenvalue weighted by atomic mass is 16.5. The Labute approximate surface area is 154 Å². The van der Waals surface area contributed by atoms with Crippen LogP contribution in [-0.2, 0) is 11.3 Å². The van der Waals surface area contributed by atoms with Crippen LogP contribution in [0.15, 0.2) is 42.5 Å². The summed E-state index contributed by atoms with van der Waals surface area (Å²) >= 11 is 0. The van der Waals surface area contributed by atoms with Crippen molar-refractivity contribution in [3.63, 3.8) is 0 Å². The normalized spacial score (nSPS) is 16.6. The molecule has 1 atom stereocenters. The van der Waals surface area contributed by atoms with Crippen molar-refractivity contribution < 1.29 is 19.0 Å². The number of carbonyl (C=O) groups is 1. The quantitative estimate of drug-likeness (QED) is 0.790. The molecule has 1 aliphatic heterocycles. The SMILES string of the molecule is COCc1cccc(C(=O)N2CCCC2c2cc(OC)ccc2OC)c1. The lowest BCUT2D eigenvalue weighted by molar-refractivity contribution is 0.0733. The maximum atomic E-state index is 13.2. The van der Waals surface area contributed by atoms with Crippen LogP contribution in [0.4, 0.5) is 0 Å². The Morgan fingerprint density at radius 3 is 2.69 bits per heavy atom. The topological polar surface area (TPSA) is 48.0 Å². The van der Waals surface area contributed by atoms with E-state index >= 15 is 0 Å². The fourth-order valence-corrected chi connectivity index (χ4v) is 3.56. The van der Waals surface area contributed by atoms with Gasteiger partial charge in [0.25, 0.3) is 5.91 Å². The van der Waals surface area contributed by atoms with Crippen LogP contribution in [0.5, 0.6) is 11.5 Å². The minimum Gasteiger partial charge on any atom is -0.497 e. The standard InChI is InChI=1S/C21H25NO4/c1-24-14-15-6-4-7-16(12-15)21(23)22-11-5-8-19(22)18-13-17(25-2)9-10-20(18)26-3/h4,6-7,9-10,12-13,19H,5,8,11,14H2,1-3H3. The molecule has 0 aromatic heterocycles. The van der Waals surface area contributed by atoms with Crippen LogP contribution in [0.2, 0.25) is 0 Å². The Morgan fingerprint density at radius 1 is 1.12 bits per heavy atom. The van der Waals surface area contributed by atoms with Gasteiger partial charge in [-0.1, -0.05) is 12.1 Å². The van der Waals surface area contributed by atoms with Crippen LogP contribution in [0.1, 0.15) is 40.4 Å². The van der Waals surface area contributed by atoms with Gasteiger partial charge in [-0.15, -0.1) is 0 Å². The van der Waals surface area contributed by atoms with E-state index in [1.54, 1.807) is 21.3 Å². The number of ether oxygens (including phenoxy) is 3. The summed E-state index contributed by atoms with van der Waals surface area (Å²) < 4.78 is 16.1. The second-order valence-electron chi connectivity index (χ2n) is 6.40. The van der Waals surface area contributed by atoms with E-state index in [1.165, 1.54) is 0 Å². The average molecular weight is 355 g/mol. The van der Waals surface area contributed by atoms with E-state index in [9.17, 15) is 4.79 Å². The number of hydrogen-bond donors (Lipinski definition) is 0. The molecule has 5 heteroatoms. The van der Waals surface area contributed by atoms with E-state index in [2.05, 4.69) is 0 Å². The minimum atomic E-state index is -0.0152. The molecule has 138 valence electrons. The summed E-state index contributed by atoms with van der Waals surface area (Å²) in [6.07, 6.45) is 1.88. The number of carbonyl (C=O) groups excluding carboxylic acids is 1. The van der Waals surface area contributed by atoms with Crippen molar-refractivity contribution >= 4 is 5.91 Å². The van der Waals surface area contributed by atoms with Crippen LogP contribution < -0.4 is 9.47 Å². The van der Waals surface area contributed by atoms with Gasteiger partial charge in [-0.25, -0.2) is 0 Å². The van der Waals surface area contributed by atoms with Gasteiger partial charge in [-0.3, -0.25) is 4.79 Å². The molecule has 1 saturated heterocycles. The molecule has 1 heterocycles. The lowest BCUT2D eigenvalue weighted by Crippen LogP contribution is -2.30.